The monoisotopic (exact) mass is 553 g/mol. The lowest BCUT2D eigenvalue weighted by Crippen LogP contribution is -2.52. The molecule has 0 aliphatic carbocycles. The van der Waals surface area contributed by atoms with Crippen molar-refractivity contribution in [2.24, 2.45) is 4.99 Å². The van der Waals surface area contributed by atoms with E-state index < -0.39 is 0 Å². The largest absolute Gasteiger partial charge is 0.495 e. The van der Waals surface area contributed by atoms with Crippen LogP contribution in [0.5, 0.6) is 5.75 Å². The van der Waals surface area contributed by atoms with Crippen LogP contribution in [0, 0.1) is 0 Å². The number of hydrogen-bond donors (Lipinski definition) is 1. The second kappa shape index (κ2) is 11.4. The van der Waals surface area contributed by atoms with E-state index in [1.54, 1.807) is 24.7 Å². The molecular formula is C22H28IN5O2S. The van der Waals surface area contributed by atoms with Gasteiger partial charge in [-0.2, -0.15) is 0 Å². The lowest BCUT2D eigenvalue weighted by atomic mass is 10.2. The van der Waals surface area contributed by atoms with Crippen molar-refractivity contribution in [3.8, 4) is 16.5 Å². The predicted molar refractivity (Wildman–Crippen MR) is 137 cm³/mol. The molecule has 1 saturated heterocycles. The van der Waals surface area contributed by atoms with Crippen molar-refractivity contribution < 1.29 is 9.15 Å². The maximum Gasteiger partial charge on any atom is 0.236 e. The van der Waals surface area contributed by atoms with Gasteiger partial charge in [0, 0.05) is 32.7 Å². The number of rotatable bonds is 6. The minimum atomic E-state index is 0. The number of guanidine groups is 1. The first-order valence-electron chi connectivity index (χ1n) is 10.2. The van der Waals surface area contributed by atoms with Gasteiger partial charge in [-0.25, -0.2) is 9.98 Å². The van der Waals surface area contributed by atoms with E-state index in [9.17, 15) is 0 Å². The number of halogens is 1. The first kappa shape index (κ1) is 23.4. The van der Waals surface area contributed by atoms with E-state index >= 15 is 0 Å². The van der Waals surface area contributed by atoms with Gasteiger partial charge >= 0.3 is 0 Å². The Labute approximate surface area is 204 Å². The number of thiophene rings is 1. The number of benzene rings is 1. The molecule has 3 aromatic rings. The third-order valence-electron chi connectivity index (χ3n) is 5.01. The van der Waals surface area contributed by atoms with Crippen LogP contribution in [0.1, 0.15) is 12.6 Å². The molecule has 1 aliphatic rings. The van der Waals surface area contributed by atoms with Crippen LogP contribution in [0.25, 0.3) is 10.8 Å². The van der Waals surface area contributed by atoms with Crippen molar-refractivity contribution in [2.45, 2.75) is 13.5 Å². The number of aliphatic imine (C=N–C) groups is 1. The van der Waals surface area contributed by atoms with Crippen LogP contribution in [-0.4, -0.2) is 55.7 Å². The van der Waals surface area contributed by atoms with Gasteiger partial charge in [-0.15, -0.1) is 35.3 Å². The Morgan fingerprint density at radius 1 is 1.19 bits per heavy atom. The molecule has 1 N–H and O–H groups in total. The Bertz CT molecular complexity index is 968. The molecule has 2 aromatic heterocycles. The van der Waals surface area contributed by atoms with E-state index in [1.165, 1.54) is 0 Å². The summed E-state index contributed by atoms with van der Waals surface area (Å²) in [5.74, 6) is 2.49. The van der Waals surface area contributed by atoms with Gasteiger partial charge in [0.15, 0.2) is 5.96 Å². The second-order valence-electron chi connectivity index (χ2n) is 6.94. The molecule has 31 heavy (non-hydrogen) atoms. The molecule has 0 atom stereocenters. The third kappa shape index (κ3) is 5.70. The van der Waals surface area contributed by atoms with Crippen LogP contribution < -0.4 is 15.0 Å². The zero-order valence-corrected chi connectivity index (χ0v) is 20.9. The van der Waals surface area contributed by atoms with E-state index in [0.717, 1.165) is 60.7 Å². The third-order valence-corrected chi connectivity index (χ3v) is 5.87. The fourth-order valence-corrected chi connectivity index (χ4v) is 4.18. The van der Waals surface area contributed by atoms with Crippen molar-refractivity contribution in [3.05, 3.63) is 53.7 Å². The Hall–Kier alpha value is -2.27. The molecule has 9 heteroatoms. The van der Waals surface area contributed by atoms with E-state index in [4.69, 9.17) is 14.1 Å². The number of oxazole rings is 1. The second-order valence-corrected chi connectivity index (χ2v) is 7.89. The van der Waals surface area contributed by atoms with E-state index in [1.807, 2.05) is 29.6 Å². The fourth-order valence-electron chi connectivity index (χ4n) is 3.52. The molecule has 3 heterocycles. The van der Waals surface area contributed by atoms with Crippen molar-refractivity contribution in [1.82, 2.24) is 15.2 Å². The average molecular weight is 553 g/mol. The van der Waals surface area contributed by atoms with Gasteiger partial charge in [0.05, 0.1) is 24.2 Å². The predicted octanol–water partition coefficient (Wildman–Crippen LogP) is 4.32. The minimum absolute atomic E-state index is 0. The lowest BCUT2D eigenvalue weighted by Gasteiger charge is -2.38. The quantitative estimate of drug-likeness (QED) is 0.279. The highest BCUT2D eigenvalue weighted by Gasteiger charge is 2.21. The smallest absolute Gasteiger partial charge is 0.236 e. The van der Waals surface area contributed by atoms with Crippen LogP contribution in [0.15, 0.2) is 57.5 Å². The average Bonchev–Trinajstić information content (AvgIpc) is 3.49. The molecular weight excluding hydrogens is 525 g/mol. The number of nitrogens with zero attached hydrogens (tertiary/aromatic N) is 4. The summed E-state index contributed by atoms with van der Waals surface area (Å²) in [6.07, 6.45) is 1.70. The summed E-state index contributed by atoms with van der Waals surface area (Å²) in [6, 6.07) is 12.2. The van der Waals surface area contributed by atoms with Gasteiger partial charge in [0.2, 0.25) is 5.89 Å². The maximum absolute atomic E-state index is 5.61. The van der Waals surface area contributed by atoms with Gasteiger partial charge in [0.25, 0.3) is 0 Å². The number of hydrogen-bond acceptors (Lipinski definition) is 6. The Kier molecular flexibility index (Phi) is 8.59. The summed E-state index contributed by atoms with van der Waals surface area (Å²) in [4.78, 5) is 15.1. The van der Waals surface area contributed by atoms with Gasteiger partial charge in [-0.3, -0.25) is 0 Å². The van der Waals surface area contributed by atoms with Crippen molar-refractivity contribution in [1.29, 1.82) is 0 Å². The van der Waals surface area contributed by atoms with E-state index in [0.29, 0.717) is 12.4 Å². The highest BCUT2D eigenvalue weighted by atomic mass is 127. The Morgan fingerprint density at radius 2 is 2.00 bits per heavy atom. The van der Waals surface area contributed by atoms with Crippen LogP contribution in [-0.2, 0) is 6.54 Å². The summed E-state index contributed by atoms with van der Waals surface area (Å²) >= 11 is 1.62. The molecule has 1 fully saturated rings. The lowest BCUT2D eigenvalue weighted by molar-refractivity contribution is 0.367. The van der Waals surface area contributed by atoms with Crippen LogP contribution >= 0.6 is 35.3 Å². The van der Waals surface area contributed by atoms with E-state index in [-0.39, 0.29) is 24.0 Å². The van der Waals surface area contributed by atoms with Gasteiger partial charge in [-0.05, 0) is 30.5 Å². The molecule has 0 saturated carbocycles. The first-order valence-corrected chi connectivity index (χ1v) is 11.1. The molecule has 4 rings (SSSR count). The fraction of sp³-hybridized carbons (Fsp3) is 0.364. The molecule has 1 aliphatic heterocycles. The molecule has 7 nitrogen and oxygen atoms in total. The maximum atomic E-state index is 5.61. The highest BCUT2D eigenvalue weighted by molar-refractivity contribution is 14.0. The first-order chi connectivity index (χ1) is 14.8. The molecule has 0 radical (unpaired) electrons. The van der Waals surface area contributed by atoms with Gasteiger partial charge < -0.3 is 24.3 Å². The normalized spacial score (nSPS) is 14.3. The summed E-state index contributed by atoms with van der Waals surface area (Å²) < 4.78 is 11.1. The SMILES string of the molecule is CCNC(=NCc1coc(-c2cccs2)n1)N1CCN(c2ccccc2OC)CC1.I. The number of methoxy groups -OCH3 is 1. The van der Waals surface area contributed by atoms with Crippen LogP contribution in [0.3, 0.4) is 0 Å². The van der Waals surface area contributed by atoms with Gasteiger partial charge in [-0.1, -0.05) is 18.2 Å². The van der Waals surface area contributed by atoms with E-state index in [2.05, 4.69) is 39.2 Å². The van der Waals surface area contributed by atoms with Crippen molar-refractivity contribution in [3.63, 3.8) is 0 Å². The number of nitrogens with one attached hydrogen (secondary N) is 1. The van der Waals surface area contributed by atoms with Crippen LogP contribution in [0.2, 0.25) is 0 Å². The Morgan fingerprint density at radius 3 is 2.71 bits per heavy atom. The number of para-hydroxylation sites is 2. The highest BCUT2D eigenvalue weighted by Crippen LogP contribution is 2.28. The number of aromatic nitrogens is 1. The zero-order valence-electron chi connectivity index (χ0n) is 17.8. The van der Waals surface area contributed by atoms with Gasteiger partial charge in [0.1, 0.15) is 17.7 Å². The topological polar surface area (TPSA) is 66.1 Å². The number of piperazine rings is 1. The van der Waals surface area contributed by atoms with Crippen molar-refractivity contribution in [2.75, 3.05) is 44.7 Å². The summed E-state index contributed by atoms with van der Waals surface area (Å²) in [6.45, 7) is 7.02. The van der Waals surface area contributed by atoms with Crippen molar-refractivity contribution >= 4 is 47.0 Å². The van der Waals surface area contributed by atoms with Crippen LogP contribution in [0.4, 0.5) is 5.69 Å². The minimum Gasteiger partial charge on any atom is -0.495 e. The number of ether oxygens (including phenoxy) is 1. The standard InChI is InChI=1S/C22H27N5O2S.HI/c1-3-23-22(24-15-17-16-29-21(25-17)20-9-6-14-30-20)27-12-10-26(11-13-27)18-7-4-5-8-19(18)28-2;/h4-9,14,16H,3,10-13,15H2,1-2H3,(H,23,24);1H. The summed E-state index contributed by atoms with van der Waals surface area (Å²) in [7, 11) is 1.72. The molecule has 166 valence electrons. The summed E-state index contributed by atoms with van der Waals surface area (Å²) in [5, 5.41) is 5.43. The molecule has 0 unspecified atom stereocenters. The molecule has 0 bridgehead atoms. The molecule has 0 spiro atoms. The molecule has 1 aromatic carbocycles. The summed E-state index contributed by atoms with van der Waals surface area (Å²) in [5.41, 5.74) is 1.98. The zero-order chi connectivity index (χ0) is 20.8. The Balaban J connectivity index is 0.00000272. The number of anilines is 1. The molecule has 0 amide bonds.